The van der Waals surface area contributed by atoms with E-state index in [0.29, 0.717) is 11.5 Å². The highest BCUT2D eigenvalue weighted by Crippen LogP contribution is 2.18. The molecule has 2 aromatic rings. The Morgan fingerprint density at radius 1 is 1.44 bits per heavy atom. The molecule has 0 aliphatic rings. The summed E-state index contributed by atoms with van der Waals surface area (Å²) >= 11 is 0. The van der Waals surface area contributed by atoms with Crippen molar-refractivity contribution in [1.29, 1.82) is 0 Å². The molecule has 0 amide bonds. The molecule has 0 saturated heterocycles. The van der Waals surface area contributed by atoms with E-state index in [1.54, 1.807) is 12.3 Å². The third kappa shape index (κ3) is 1.93. The molecule has 0 saturated carbocycles. The lowest BCUT2D eigenvalue weighted by molar-refractivity contribution is 0.0589. The maximum absolute atomic E-state index is 11.1. The Balaban J connectivity index is 2.31. The SMILES string of the molecule is COC(=O)c1cc(-c2ccc(C)cn2)on1. The van der Waals surface area contributed by atoms with Crippen molar-refractivity contribution in [2.45, 2.75) is 6.92 Å². The van der Waals surface area contributed by atoms with Crippen LogP contribution in [0, 0.1) is 6.92 Å². The van der Waals surface area contributed by atoms with E-state index >= 15 is 0 Å². The van der Waals surface area contributed by atoms with Crippen molar-refractivity contribution in [2.75, 3.05) is 7.11 Å². The number of nitrogens with zero attached hydrogens (tertiary/aromatic N) is 2. The molecule has 0 aliphatic heterocycles. The second-order valence-corrected chi connectivity index (χ2v) is 3.29. The monoisotopic (exact) mass is 218 g/mol. The van der Waals surface area contributed by atoms with Crippen LogP contribution in [-0.2, 0) is 4.74 Å². The number of rotatable bonds is 2. The van der Waals surface area contributed by atoms with Crippen LogP contribution < -0.4 is 0 Å². The van der Waals surface area contributed by atoms with Crippen LogP contribution >= 0.6 is 0 Å². The van der Waals surface area contributed by atoms with Gasteiger partial charge in [-0.3, -0.25) is 4.98 Å². The number of ether oxygens (including phenoxy) is 1. The highest BCUT2D eigenvalue weighted by Gasteiger charge is 2.14. The van der Waals surface area contributed by atoms with Gasteiger partial charge in [-0.25, -0.2) is 4.79 Å². The minimum atomic E-state index is -0.526. The number of pyridine rings is 1. The van der Waals surface area contributed by atoms with Gasteiger partial charge in [-0.2, -0.15) is 0 Å². The maximum Gasteiger partial charge on any atom is 0.360 e. The van der Waals surface area contributed by atoms with Gasteiger partial charge in [0.1, 0.15) is 5.69 Å². The van der Waals surface area contributed by atoms with Crippen molar-refractivity contribution in [2.24, 2.45) is 0 Å². The smallest absolute Gasteiger partial charge is 0.360 e. The molecule has 0 unspecified atom stereocenters. The molecule has 0 aliphatic carbocycles. The average Bonchev–Trinajstić information content (AvgIpc) is 2.78. The summed E-state index contributed by atoms with van der Waals surface area (Å²) in [5, 5.41) is 3.60. The minimum absolute atomic E-state index is 0.139. The third-order valence-corrected chi connectivity index (χ3v) is 2.07. The Labute approximate surface area is 92.0 Å². The van der Waals surface area contributed by atoms with Gasteiger partial charge in [0.2, 0.25) is 0 Å². The van der Waals surface area contributed by atoms with Crippen LogP contribution in [0.15, 0.2) is 28.9 Å². The zero-order valence-electron chi connectivity index (χ0n) is 8.93. The number of carbonyl (C=O) groups is 1. The number of aromatic nitrogens is 2. The fraction of sp³-hybridized carbons (Fsp3) is 0.182. The molecule has 0 N–H and O–H groups in total. The summed E-state index contributed by atoms with van der Waals surface area (Å²) in [5.74, 6) is -0.0810. The quantitative estimate of drug-likeness (QED) is 0.719. The van der Waals surface area contributed by atoms with Crippen LogP contribution in [-0.4, -0.2) is 23.2 Å². The van der Waals surface area contributed by atoms with Crippen LogP contribution in [0.4, 0.5) is 0 Å². The van der Waals surface area contributed by atoms with Gasteiger partial charge in [-0.1, -0.05) is 11.2 Å². The molecule has 5 heteroatoms. The second-order valence-electron chi connectivity index (χ2n) is 3.29. The van der Waals surface area contributed by atoms with Crippen LogP contribution in [0.3, 0.4) is 0 Å². The van der Waals surface area contributed by atoms with E-state index in [1.165, 1.54) is 13.2 Å². The Hall–Kier alpha value is -2.17. The summed E-state index contributed by atoms with van der Waals surface area (Å²) in [6.45, 7) is 1.94. The van der Waals surface area contributed by atoms with Crippen LogP contribution in [0.5, 0.6) is 0 Å². The lowest BCUT2D eigenvalue weighted by atomic mass is 10.2. The first-order valence-corrected chi connectivity index (χ1v) is 4.69. The summed E-state index contributed by atoms with van der Waals surface area (Å²) in [7, 11) is 1.29. The number of aryl methyl sites for hydroxylation is 1. The molecule has 0 spiro atoms. The molecule has 0 atom stereocenters. The molecular weight excluding hydrogens is 208 g/mol. The first kappa shape index (κ1) is 10.4. The van der Waals surface area contributed by atoms with E-state index in [1.807, 2.05) is 13.0 Å². The summed E-state index contributed by atoms with van der Waals surface area (Å²) in [6.07, 6.45) is 1.72. The highest BCUT2D eigenvalue weighted by molar-refractivity contribution is 5.87. The van der Waals surface area contributed by atoms with Crippen LogP contribution in [0.2, 0.25) is 0 Å². The van der Waals surface area contributed by atoms with E-state index in [2.05, 4.69) is 14.9 Å². The van der Waals surface area contributed by atoms with E-state index in [4.69, 9.17) is 4.52 Å². The van der Waals surface area contributed by atoms with Crippen LogP contribution in [0.1, 0.15) is 16.1 Å². The molecule has 2 rings (SSSR count). The molecule has 2 heterocycles. The molecule has 0 fully saturated rings. The Bertz CT molecular complexity index is 502. The predicted molar refractivity (Wildman–Crippen MR) is 55.8 cm³/mol. The lowest BCUT2D eigenvalue weighted by Crippen LogP contribution is -2.00. The molecule has 16 heavy (non-hydrogen) atoms. The summed E-state index contributed by atoms with van der Waals surface area (Å²) in [5.41, 5.74) is 1.82. The maximum atomic E-state index is 11.1. The Kier molecular flexibility index (Phi) is 2.68. The molecule has 0 radical (unpaired) electrons. The number of hydrogen-bond acceptors (Lipinski definition) is 5. The van der Waals surface area contributed by atoms with Gasteiger partial charge in [0.05, 0.1) is 7.11 Å². The van der Waals surface area contributed by atoms with Crippen molar-refractivity contribution in [3.05, 3.63) is 35.7 Å². The molecule has 0 bridgehead atoms. The van der Waals surface area contributed by atoms with Crippen molar-refractivity contribution in [3.63, 3.8) is 0 Å². The lowest BCUT2D eigenvalue weighted by Gasteiger charge is -1.94. The number of hydrogen-bond donors (Lipinski definition) is 0. The predicted octanol–water partition coefficient (Wildman–Crippen LogP) is 1.83. The Morgan fingerprint density at radius 2 is 2.25 bits per heavy atom. The number of carbonyl (C=O) groups excluding carboxylic acids is 1. The van der Waals surface area contributed by atoms with Crippen molar-refractivity contribution < 1.29 is 14.1 Å². The van der Waals surface area contributed by atoms with E-state index in [0.717, 1.165) is 5.56 Å². The van der Waals surface area contributed by atoms with Crippen molar-refractivity contribution >= 4 is 5.97 Å². The highest BCUT2D eigenvalue weighted by atomic mass is 16.5. The largest absolute Gasteiger partial charge is 0.464 e. The Morgan fingerprint density at radius 3 is 2.88 bits per heavy atom. The molecule has 82 valence electrons. The van der Waals surface area contributed by atoms with E-state index in [9.17, 15) is 4.79 Å². The summed E-state index contributed by atoms with van der Waals surface area (Å²) < 4.78 is 9.52. The summed E-state index contributed by atoms with van der Waals surface area (Å²) in [6, 6.07) is 5.21. The van der Waals surface area contributed by atoms with Crippen LogP contribution in [0.25, 0.3) is 11.5 Å². The average molecular weight is 218 g/mol. The fourth-order valence-corrected chi connectivity index (χ4v) is 1.21. The van der Waals surface area contributed by atoms with Gasteiger partial charge in [0.25, 0.3) is 0 Å². The minimum Gasteiger partial charge on any atom is -0.464 e. The van der Waals surface area contributed by atoms with E-state index in [-0.39, 0.29) is 5.69 Å². The van der Waals surface area contributed by atoms with Gasteiger partial charge in [-0.05, 0) is 18.6 Å². The molecule has 2 aromatic heterocycles. The molecular formula is C11H10N2O3. The molecule has 0 aromatic carbocycles. The fourth-order valence-electron chi connectivity index (χ4n) is 1.21. The zero-order valence-corrected chi connectivity index (χ0v) is 8.93. The zero-order chi connectivity index (χ0) is 11.5. The van der Waals surface area contributed by atoms with Crippen molar-refractivity contribution in [3.8, 4) is 11.5 Å². The molecule has 5 nitrogen and oxygen atoms in total. The standard InChI is InChI=1S/C11H10N2O3/c1-7-3-4-8(12-6-7)10-5-9(13-16-10)11(14)15-2/h3-6H,1-2H3. The van der Waals surface area contributed by atoms with Gasteiger partial charge in [0, 0.05) is 12.3 Å². The van der Waals surface area contributed by atoms with E-state index < -0.39 is 5.97 Å². The van der Waals surface area contributed by atoms with Gasteiger partial charge < -0.3 is 9.26 Å². The van der Waals surface area contributed by atoms with Gasteiger partial charge in [-0.15, -0.1) is 0 Å². The normalized spacial score (nSPS) is 10.1. The van der Waals surface area contributed by atoms with Crippen molar-refractivity contribution in [1.82, 2.24) is 10.1 Å². The topological polar surface area (TPSA) is 65.2 Å². The van der Waals surface area contributed by atoms with Gasteiger partial charge in [0.15, 0.2) is 11.5 Å². The number of esters is 1. The first-order chi connectivity index (χ1) is 7.70. The first-order valence-electron chi connectivity index (χ1n) is 4.69. The summed E-state index contributed by atoms with van der Waals surface area (Å²) in [4.78, 5) is 15.3. The second kappa shape index (κ2) is 4.14. The number of methoxy groups -OCH3 is 1. The third-order valence-electron chi connectivity index (χ3n) is 2.07. The van der Waals surface area contributed by atoms with Gasteiger partial charge >= 0.3 is 5.97 Å².